The van der Waals surface area contributed by atoms with Crippen molar-refractivity contribution in [3.05, 3.63) is 35.4 Å². The molecule has 1 unspecified atom stereocenters. The van der Waals surface area contributed by atoms with E-state index in [1.54, 1.807) is 4.90 Å². The molecule has 1 aromatic carbocycles. The van der Waals surface area contributed by atoms with Gasteiger partial charge in [-0.25, -0.2) is 17.2 Å². The monoisotopic (exact) mass is 398 g/mol. The van der Waals surface area contributed by atoms with E-state index in [0.29, 0.717) is 38.3 Å². The fourth-order valence-corrected chi connectivity index (χ4v) is 7.21. The number of benzene rings is 1. The van der Waals surface area contributed by atoms with Crippen LogP contribution in [0.5, 0.6) is 0 Å². The molecule has 1 saturated carbocycles. The molecule has 1 atom stereocenters. The number of rotatable bonds is 3. The number of amides is 1. The lowest BCUT2D eigenvalue weighted by Gasteiger charge is -2.44. The van der Waals surface area contributed by atoms with Crippen LogP contribution in [0.25, 0.3) is 0 Å². The summed E-state index contributed by atoms with van der Waals surface area (Å²) < 4.78 is 51.1. The summed E-state index contributed by atoms with van der Waals surface area (Å²) >= 11 is 0. The normalized spacial score (nSPS) is 26.9. The van der Waals surface area contributed by atoms with E-state index in [2.05, 4.69) is 0 Å². The number of hydrogen-bond donors (Lipinski definition) is 0. The highest BCUT2D eigenvalue weighted by Crippen LogP contribution is 2.53. The third-order valence-corrected chi connectivity index (χ3v) is 8.26. The van der Waals surface area contributed by atoms with E-state index in [4.69, 9.17) is 0 Å². The van der Waals surface area contributed by atoms with Gasteiger partial charge >= 0.3 is 0 Å². The molecule has 3 aliphatic rings. The van der Waals surface area contributed by atoms with Crippen molar-refractivity contribution in [1.29, 1.82) is 0 Å². The summed E-state index contributed by atoms with van der Waals surface area (Å²) in [6, 6.07) is 3.58. The Kier molecular flexibility index (Phi) is 4.74. The first-order valence-corrected chi connectivity index (χ1v) is 11.3. The molecule has 5 nitrogen and oxygen atoms in total. The molecule has 0 aromatic heterocycles. The molecule has 1 amide bonds. The summed E-state index contributed by atoms with van der Waals surface area (Å²) in [7, 11) is -3.14. The molecular formula is C19H24F2N2O3S. The van der Waals surface area contributed by atoms with E-state index in [9.17, 15) is 22.0 Å². The number of nitrogens with zero attached hydrogens (tertiary/aromatic N) is 2. The number of piperazine rings is 1. The summed E-state index contributed by atoms with van der Waals surface area (Å²) in [6.07, 6.45) is 2.65. The molecule has 0 radical (unpaired) electrons. The number of carbonyl (C=O) groups is 1. The highest BCUT2D eigenvalue weighted by Gasteiger charge is 2.57. The van der Waals surface area contributed by atoms with E-state index in [-0.39, 0.29) is 22.8 Å². The molecule has 27 heavy (non-hydrogen) atoms. The Morgan fingerprint density at radius 1 is 1.15 bits per heavy atom. The van der Waals surface area contributed by atoms with Crippen LogP contribution in [0.4, 0.5) is 8.78 Å². The van der Waals surface area contributed by atoms with Crippen molar-refractivity contribution < 1.29 is 22.0 Å². The molecule has 0 bridgehead atoms. The first kappa shape index (κ1) is 18.8. The van der Waals surface area contributed by atoms with Crippen molar-refractivity contribution in [2.24, 2.45) is 11.3 Å². The number of sulfone groups is 1. The minimum atomic E-state index is -3.14. The van der Waals surface area contributed by atoms with Crippen molar-refractivity contribution in [3.63, 3.8) is 0 Å². The Morgan fingerprint density at radius 3 is 2.44 bits per heavy atom. The first-order valence-electron chi connectivity index (χ1n) is 9.44. The van der Waals surface area contributed by atoms with Crippen LogP contribution >= 0.6 is 0 Å². The van der Waals surface area contributed by atoms with Gasteiger partial charge in [0.1, 0.15) is 11.6 Å². The fourth-order valence-electron chi connectivity index (χ4n) is 4.72. The molecule has 2 aliphatic heterocycles. The second-order valence-corrected chi connectivity index (χ2v) is 10.3. The van der Waals surface area contributed by atoms with Gasteiger partial charge in [-0.1, -0.05) is 12.5 Å². The second-order valence-electron chi connectivity index (χ2n) is 8.16. The maximum absolute atomic E-state index is 13.8. The average Bonchev–Trinajstić information content (AvgIpc) is 2.90. The Labute approximate surface area is 158 Å². The van der Waals surface area contributed by atoms with E-state index in [0.717, 1.165) is 25.3 Å². The van der Waals surface area contributed by atoms with Gasteiger partial charge < -0.3 is 4.90 Å². The van der Waals surface area contributed by atoms with Crippen LogP contribution in [0.3, 0.4) is 0 Å². The predicted octanol–water partition coefficient (Wildman–Crippen LogP) is 1.82. The number of hydrogen-bond acceptors (Lipinski definition) is 4. The van der Waals surface area contributed by atoms with Crippen molar-refractivity contribution in [2.75, 3.05) is 37.7 Å². The van der Waals surface area contributed by atoms with Crippen molar-refractivity contribution in [2.45, 2.75) is 25.8 Å². The van der Waals surface area contributed by atoms with Gasteiger partial charge in [0.15, 0.2) is 9.84 Å². The summed E-state index contributed by atoms with van der Waals surface area (Å²) in [5.74, 6) is -1.46. The second kappa shape index (κ2) is 6.81. The number of carbonyl (C=O) groups excluding carboxylic acids is 1. The molecule has 0 N–H and O–H groups in total. The van der Waals surface area contributed by atoms with Crippen LogP contribution in [0.1, 0.15) is 24.8 Å². The van der Waals surface area contributed by atoms with Gasteiger partial charge in [-0.15, -0.1) is 0 Å². The summed E-state index contributed by atoms with van der Waals surface area (Å²) in [4.78, 5) is 16.8. The molecule has 4 rings (SSSR count). The van der Waals surface area contributed by atoms with Gasteiger partial charge in [0.05, 0.1) is 17.4 Å². The van der Waals surface area contributed by atoms with Gasteiger partial charge in [0, 0.05) is 44.4 Å². The van der Waals surface area contributed by atoms with Crippen LogP contribution in [-0.2, 0) is 21.2 Å². The maximum Gasteiger partial charge on any atom is 0.227 e. The van der Waals surface area contributed by atoms with Crippen molar-refractivity contribution in [3.8, 4) is 0 Å². The fraction of sp³-hybridized carbons (Fsp3) is 0.632. The zero-order valence-electron chi connectivity index (χ0n) is 15.2. The van der Waals surface area contributed by atoms with E-state index in [1.807, 2.05) is 4.90 Å². The standard InChI is InChI=1S/C19H24F2N2O3S/c20-15-3-2-14(17(21)10-15)11-22-6-8-23(9-7-22)18(24)16-12-27(25,26)13-19(16)4-1-5-19/h2-3,10,16H,1,4-9,11-13H2. The third-order valence-electron chi connectivity index (χ3n) is 6.41. The van der Waals surface area contributed by atoms with E-state index < -0.39 is 27.4 Å². The molecule has 1 aliphatic carbocycles. The zero-order chi connectivity index (χ0) is 19.2. The Bertz CT molecular complexity index is 847. The van der Waals surface area contributed by atoms with Crippen LogP contribution in [0.15, 0.2) is 18.2 Å². The molecular weight excluding hydrogens is 374 g/mol. The SMILES string of the molecule is O=C(C1CS(=O)(=O)CC12CCC2)N1CCN(Cc2ccc(F)cc2F)CC1. The van der Waals surface area contributed by atoms with Crippen LogP contribution < -0.4 is 0 Å². The van der Waals surface area contributed by atoms with Crippen LogP contribution in [-0.4, -0.2) is 61.8 Å². The Morgan fingerprint density at radius 2 is 1.85 bits per heavy atom. The average molecular weight is 398 g/mol. The van der Waals surface area contributed by atoms with Gasteiger partial charge in [-0.05, 0) is 24.3 Å². The van der Waals surface area contributed by atoms with Crippen molar-refractivity contribution >= 4 is 15.7 Å². The van der Waals surface area contributed by atoms with Gasteiger partial charge in [0.25, 0.3) is 0 Å². The molecule has 3 fully saturated rings. The summed E-state index contributed by atoms with van der Waals surface area (Å²) in [5.41, 5.74) is 0.107. The quantitative estimate of drug-likeness (QED) is 0.780. The van der Waals surface area contributed by atoms with Gasteiger partial charge in [-0.3, -0.25) is 9.69 Å². The zero-order valence-corrected chi connectivity index (χ0v) is 16.0. The maximum atomic E-state index is 13.8. The molecule has 2 heterocycles. The lowest BCUT2D eigenvalue weighted by atomic mass is 9.62. The minimum Gasteiger partial charge on any atom is -0.340 e. The molecule has 148 valence electrons. The molecule has 2 saturated heterocycles. The molecule has 8 heteroatoms. The highest BCUT2D eigenvalue weighted by molar-refractivity contribution is 7.91. The summed E-state index contributed by atoms with van der Waals surface area (Å²) in [5, 5.41) is 0. The lowest BCUT2D eigenvalue weighted by molar-refractivity contribution is -0.142. The topological polar surface area (TPSA) is 57.7 Å². The van der Waals surface area contributed by atoms with Crippen LogP contribution in [0, 0.1) is 23.0 Å². The first-order chi connectivity index (χ1) is 12.8. The number of halogens is 2. The van der Waals surface area contributed by atoms with Crippen molar-refractivity contribution in [1.82, 2.24) is 9.80 Å². The molecule has 1 aromatic rings. The van der Waals surface area contributed by atoms with Crippen LogP contribution in [0.2, 0.25) is 0 Å². The predicted molar refractivity (Wildman–Crippen MR) is 96.6 cm³/mol. The van der Waals surface area contributed by atoms with E-state index in [1.165, 1.54) is 12.1 Å². The largest absolute Gasteiger partial charge is 0.340 e. The molecule has 1 spiro atoms. The summed E-state index contributed by atoms with van der Waals surface area (Å²) in [6.45, 7) is 2.57. The van der Waals surface area contributed by atoms with Gasteiger partial charge in [-0.2, -0.15) is 0 Å². The Hall–Kier alpha value is -1.54. The Balaban J connectivity index is 1.37. The lowest BCUT2D eigenvalue weighted by Crippen LogP contribution is -2.53. The smallest absolute Gasteiger partial charge is 0.227 e. The van der Waals surface area contributed by atoms with E-state index >= 15 is 0 Å². The van der Waals surface area contributed by atoms with Gasteiger partial charge in [0.2, 0.25) is 5.91 Å². The minimum absolute atomic E-state index is 0.0210. The highest BCUT2D eigenvalue weighted by atomic mass is 32.2. The third kappa shape index (κ3) is 3.61.